The fourth-order valence-corrected chi connectivity index (χ4v) is 2.61. The third kappa shape index (κ3) is 2.99. The molecule has 0 spiro atoms. The molecule has 1 N–H and O–H groups in total. The Hall–Kier alpha value is -2.58. The van der Waals surface area contributed by atoms with Gasteiger partial charge in [0, 0.05) is 13.1 Å². The maximum atomic E-state index is 13.0. The Kier molecular flexibility index (Phi) is 3.70. The van der Waals surface area contributed by atoms with Crippen LogP contribution in [0.1, 0.15) is 17.0 Å². The van der Waals surface area contributed by atoms with Crippen molar-refractivity contribution in [3.8, 4) is 0 Å². The van der Waals surface area contributed by atoms with Crippen molar-refractivity contribution in [1.82, 2.24) is 19.7 Å². The summed E-state index contributed by atoms with van der Waals surface area (Å²) in [5.41, 5.74) is -1.22. The monoisotopic (exact) mass is 326 g/mol. The van der Waals surface area contributed by atoms with Gasteiger partial charge in [-0.2, -0.15) is 18.3 Å². The van der Waals surface area contributed by atoms with Crippen LogP contribution in [0.25, 0.3) is 0 Å². The molecule has 0 unspecified atom stereocenters. The minimum absolute atomic E-state index is 0.0602. The number of nitrogens with zero attached hydrogens (tertiary/aromatic N) is 3. The third-order valence-corrected chi connectivity index (χ3v) is 3.78. The first kappa shape index (κ1) is 15.3. The lowest BCUT2D eigenvalue weighted by molar-refractivity contribution is -0.138. The van der Waals surface area contributed by atoms with E-state index in [1.54, 1.807) is 0 Å². The van der Waals surface area contributed by atoms with Gasteiger partial charge < -0.3 is 4.90 Å². The fourth-order valence-electron chi connectivity index (χ4n) is 2.61. The van der Waals surface area contributed by atoms with Crippen LogP contribution in [0.2, 0.25) is 0 Å². The van der Waals surface area contributed by atoms with E-state index < -0.39 is 17.6 Å². The first-order chi connectivity index (χ1) is 10.9. The molecule has 1 aromatic heterocycles. The van der Waals surface area contributed by atoms with E-state index in [2.05, 4.69) is 10.2 Å². The van der Waals surface area contributed by atoms with Crippen molar-refractivity contribution < 1.29 is 18.0 Å². The summed E-state index contributed by atoms with van der Waals surface area (Å²) in [4.78, 5) is 25.1. The third-order valence-electron chi connectivity index (χ3n) is 3.78. The number of hydrogen-bond donors (Lipinski definition) is 1. The highest BCUT2D eigenvalue weighted by molar-refractivity contribution is 5.79. The van der Waals surface area contributed by atoms with Gasteiger partial charge in [0.1, 0.15) is 0 Å². The van der Waals surface area contributed by atoms with Gasteiger partial charge in [0.05, 0.1) is 18.5 Å². The molecule has 23 heavy (non-hydrogen) atoms. The van der Waals surface area contributed by atoms with Crippen LogP contribution in [-0.4, -0.2) is 32.1 Å². The van der Waals surface area contributed by atoms with Crippen LogP contribution in [0.4, 0.5) is 13.2 Å². The molecule has 1 amide bonds. The molecule has 1 aliphatic rings. The van der Waals surface area contributed by atoms with Crippen molar-refractivity contribution in [3.63, 3.8) is 0 Å². The highest BCUT2D eigenvalue weighted by Gasteiger charge is 2.34. The largest absolute Gasteiger partial charge is 0.416 e. The number of carbonyl (C=O) groups excluding carboxylic acids is 1. The lowest BCUT2D eigenvalue weighted by Crippen LogP contribution is -2.41. The van der Waals surface area contributed by atoms with Crippen LogP contribution in [0.3, 0.4) is 0 Å². The van der Waals surface area contributed by atoms with Crippen molar-refractivity contribution >= 4 is 5.91 Å². The molecule has 122 valence electrons. The van der Waals surface area contributed by atoms with Crippen LogP contribution in [0.5, 0.6) is 0 Å². The van der Waals surface area contributed by atoms with E-state index in [0.29, 0.717) is 5.82 Å². The molecule has 3 rings (SSSR count). The summed E-state index contributed by atoms with van der Waals surface area (Å²) < 4.78 is 40.3. The predicted molar refractivity (Wildman–Crippen MR) is 73.4 cm³/mol. The number of rotatable bonds is 2. The van der Waals surface area contributed by atoms with Crippen molar-refractivity contribution in [2.24, 2.45) is 0 Å². The smallest absolute Gasteiger partial charge is 0.333 e. The van der Waals surface area contributed by atoms with Gasteiger partial charge >= 0.3 is 11.9 Å². The molecule has 6 nitrogen and oxygen atoms in total. The number of carbonyl (C=O) groups is 1. The molecule has 0 aliphatic carbocycles. The Morgan fingerprint density at radius 2 is 2.00 bits per heavy atom. The molecule has 0 atom stereocenters. The van der Waals surface area contributed by atoms with Crippen LogP contribution < -0.4 is 5.69 Å². The number of amides is 1. The first-order valence-corrected chi connectivity index (χ1v) is 6.93. The normalized spacial score (nSPS) is 14.7. The summed E-state index contributed by atoms with van der Waals surface area (Å²) in [7, 11) is 0. The Morgan fingerprint density at radius 3 is 2.74 bits per heavy atom. The summed E-state index contributed by atoms with van der Waals surface area (Å²) in [6, 6.07) is 5.03. The Labute approximate surface area is 128 Å². The van der Waals surface area contributed by atoms with E-state index in [1.165, 1.54) is 27.7 Å². The van der Waals surface area contributed by atoms with E-state index in [9.17, 15) is 22.8 Å². The van der Waals surface area contributed by atoms with Crippen LogP contribution in [0.15, 0.2) is 29.1 Å². The zero-order valence-electron chi connectivity index (χ0n) is 11.9. The topological polar surface area (TPSA) is 71.0 Å². The second kappa shape index (κ2) is 5.56. The van der Waals surface area contributed by atoms with Gasteiger partial charge in [-0.3, -0.25) is 9.36 Å². The standard InChI is InChI=1S/C14H13F3N4O2/c15-14(16,17)10-4-2-1-3-9(10)7-12(22)20-5-6-21-11(8-20)18-19-13(21)23/h1-4H,5-8H2,(H,19,23). The second-order valence-corrected chi connectivity index (χ2v) is 5.24. The van der Waals surface area contributed by atoms with E-state index in [1.807, 2.05) is 0 Å². The number of fused-ring (bicyclic) bond motifs is 1. The molecule has 1 aromatic carbocycles. The highest BCUT2D eigenvalue weighted by atomic mass is 19.4. The molecule has 0 saturated heterocycles. The number of aromatic nitrogens is 3. The number of aromatic amines is 1. The van der Waals surface area contributed by atoms with E-state index in [-0.39, 0.29) is 37.3 Å². The number of benzene rings is 1. The average molecular weight is 326 g/mol. The first-order valence-electron chi connectivity index (χ1n) is 6.93. The molecule has 9 heteroatoms. The lowest BCUT2D eigenvalue weighted by Gasteiger charge is -2.27. The van der Waals surface area contributed by atoms with Crippen molar-refractivity contribution in [2.45, 2.75) is 25.7 Å². The van der Waals surface area contributed by atoms with Crippen LogP contribution >= 0.6 is 0 Å². The van der Waals surface area contributed by atoms with Crippen molar-refractivity contribution in [1.29, 1.82) is 0 Å². The molecule has 2 aromatic rings. The highest BCUT2D eigenvalue weighted by Crippen LogP contribution is 2.32. The summed E-state index contributed by atoms with van der Waals surface area (Å²) >= 11 is 0. The molecular formula is C14H13F3N4O2. The summed E-state index contributed by atoms with van der Waals surface area (Å²) in [5, 5.41) is 6.09. The van der Waals surface area contributed by atoms with Gasteiger partial charge in [-0.1, -0.05) is 18.2 Å². The van der Waals surface area contributed by atoms with Gasteiger partial charge in [0.2, 0.25) is 5.91 Å². The fraction of sp³-hybridized carbons (Fsp3) is 0.357. The number of alkyl halides is 3. The summed E-state index contributed by atoms with van der Waals surface area (Å²) in [6.07, 6.45) is -4.84. The average Bonchev–Trinajstić information content (AvgIpc) is 2.87. The number of halogens is 3. The zero-order valence-corrected chi connectivity index (χ0v) is 11.9. The van der Waals surface area contributed by atoms with Gasteiger partial charge in [0.25, 0.3) is 0 Å². The van der Waals surface area contributed by atoms with E-state index in [0.717, 1.165) is 6.07 Å². The van der Waals surface area contributed by atoms with E-state index in [4.69, 9.17) is 0 Å². The minimum Gasteiger partial charge on any atom is -0.333 e. The minimum atomic E-state index is -4.50. The van der Waals surface area contributed by atoms with Gasteiger partial charge in [0.15, 0.2) is 5.82 Å². The summed E-state index contributed by atoms with van der Waals surface area (Å²) in [5.74, 6) is -0.0258. The van der Waals surface area contributed by atoms with Crippen molar-refractivity contribution in [2.75, 3.05) is 6.54 Å². The van der Waals surface area contributed by atoms with Crippen LogP contribution in [0, 0.1) is 0 Å². The van der Waals surface area contributed by atoms with Gasteiger partial charge in [-0.15, -0.1) is 0 Å². The van der Waals surface area contributed by atoms with Crippen LogP contribution in [-0.2, 0) is 30.5 Å². The molecule has 0 bridgehead atoms. The van der Waals surface area contributed by atoms with Crippen molar-refractivity contribution in [3.05, 3.63) is 51.7 Å². The Bertz CT molecular complexity index is 794. The van der Waals surface area contributed by atoms with E-state index >= 15 is 0 Å². The zero-order chi connectivity index (χ0) is 16.6. The summed E-state index contributed by atoms with van der Waals surface area (Å²) in [6.45, 7) is 0.641. The Morgan fingerprint density at radius 1 is 1.26 bits per heavy atom. The SMILES string of the molecule is O=C(Cc1ccccc1C(F)(F)F)N1CCn2c(n[nH]c2=O)C1. The quantitative estimate of drug-likeness (QED) is 0.901. The maximum Gasteiger partial charge on any atom is 0.416 e. The molecular weight excluding hydrogens is 313 g/mol. The lowest BCUT2D eigenvalue weighted by atomic mass is 10.0. The molecule has 1 aliphatic heterocycles. The molecule has 2 heterocycles. The predicted octanol–water partition coefficient (Wildman–Crippen LogP) is 1.18. The number of hydrogen-bond acceptors (Lipinski definition) is 3. The Balaban J connectivity index is 1.78. The number of H-pyrrole nitrogens is 1. The van der Waals surface area contributed by atoms with Gasteiger partial charge in [-0.25, -0.2) is 9.89 Å². The molecule has 0 saturated carbocycles. The number of nitrogens with one attached hydrogen (secondary N) is 1. The van der Waals surface area contributed by atoms with Gasteiger partial charge in [-0.05, 0) is 11.6 Å². The molecule has 0 radical (unpaired) electrons. The molecule has 0 fully saturated rings. The maximum absolute atomic E-state index is 13.0. The second-order valence-electron chi connectivity index (χ2n) is 5.24.